The average molecular weight is 604 g/mol. The Bertz CT molecular complexity index is 1360. The fourth-order valence-corrected chi connectivity index (χ4v) is 4.71. The highest BCUT2D eigenvalue weighted by Gasteiger charge is 2.20. The summed E-state index contributed by atoms with van der Waals surface area (Å²) in [5, 5.41) is 4.03. The Morgan fingerprint density at radius 2 is 1.51 bits per heavy atom. The van der Waals surface area contributed by atoms with Crippen LogP contribution >= 0.6 is 31.9 Å². The molecule has 0 saturated carbocycles. The first kappa shape index (κ1) is 23.2. The van der Waals surface area contributed by atoms with Crippen LogP contribution in [0.15, 0.2) is 62.6 Å². The molecule has 0 bridgehead atoms. The lowest BCUT2D eigenvalue weighted by molar-refractivity contribution is 0.0732. The minimum atomic E-state index is -0.596. The first-order valence-electron chi connectivity index (χ1n) is 10.3. The number of hydrogen-bond acceptors (Lipinski definition) is 8. The van der Waals surface area contributed by atoms with E-state index in [9.17, 15) is 9.59 Å². The summed E-state index contributed by atoms with van der Waals surface area (Å²) in [4.78, 5) is 25.3. The van der Waals surface area contributed by atoms with E-state index in [4.69, 9.17) is 23.7 Å². The van der Waals surface area contributed by atoms with Crippen molar-refractivity contribution in [3.05, 3.63) is 74.2 Å². The topological polar surface area (TPSA) is 105 Å². The zero-order chi connectivity index (χ0) is 24.4. The monoisotopic (exact) mass is 602 g/mol. The Hall–Kier alpha value is -3.57. The first-order valence-corrected chi connectivity index (χ1v) is 11.9. The van der Waals surface area contributed by atoms with Gasteiger partial charge in [-0.15, -0.1) is 0 Å². The summed E-state index contributed by atoms with van der Waals surface area (Å²) < 4.78 is 28.4. The molecule has 2 heterocycles. The van der Waals surface area contributed by atoms with Crippen LogP contribution in [0.4, 0.5) is 0 Å². The second-order valence-corrected chi connectivity index (χ2v) is 9.09. The number of carbonyl (C=O) groups is 2. The van der Waals surface area contributed by atoms with Gasteiger partial charge in [-0.1, -0.05) is 15.9 Å². The van der Waals surface area contributed by atoms with Crippen LogP contribution in [0.25, 0.3) is 0 Å². The maximum absolute atomic E-state index is 12.8. The molecule has 11 heteroatoms. The summed E-state index contributed by atoms with van der Waals surface area (Å²) in [6.45, 7) is 0.985. The van der Waals surface area contributed by atoms with Gasteiger partial charge in [0.05, 0.1) is 16.3 Å². The van der Waals surface area contributed by atoms with Crippen LogP contribution in [0, 0.1) is 0 Å². The molecule has 1 N–H and O–H groups in total. The molecule has 0 spiro atoms. The summed E-state index contributed by atoms with van der Waals surface area (Å²) in [6, 6.07) is 13.1. The number of benzene rings is 3. The van der Waals surface area contributed by atoms with Crippen LogP contribution < -0.4 is 29.1 Å². The van der Waals surface area contributed by atoms with Gasteiger partial charge >= 0.3 is 5.97 Å². The van der Waals surface area contributed by atoms with E-state index >= 15 is 0 Å². The smallest absolute Gasteiger partial charge is 0.343 e. The number of fused-ring (bicyclic) bond motifs is 2. The minimum absolute atomic E-state index is 0.102. The molecule has 0 radical (unpaired) electrons. The lowest BCUT2D eigenvalue weighted by Gasteiger charge is -2.18. The number of carbonyl (C=O) groups excluding carboxylic acids is 2. The first-order chi connectivity index (χ1) is 17.0. The number of esters is 1. The van der Waals surface area contributed by atoms with Gasteiger partial charge in [-0.05, 0) is 64.5 Å². The Balaban J connectivity index is 1.32. The third-order valence-corrected chi connectivity index (χ3v) is 6.06. The maximum atomic E-state index is 12.8. The summed E-state index contributed by atoms with van der Waals surface area (Å²) in [5.41, 5.74) is 3.56. The number of hydrogen-bond donors (Lipinski definition) is 1. The van der Waals surface area contributed by atoms with Crippen molar-refractivity contribution in [2.24, 2.45) is 5.10 Å². The van der Waals surface area contributed by atoms with E-state index < -0.39 is 11.9 Å². The lowest BCUT2D eigenvalue weighted by Crippen LogP contribution is -2.19. The van der Waals surface area contributed by atoms with Crippen molar-refractivity contribution < 1.29 is 33.3 Å². The van der Waals surface area contributed by atoms with Gasteiger partial charge in [-0.25, -0.2) is 10.2 Å². The fourth-order valence-electron chi connectivity index (χ4n) is 3.37. The molecule has 2 aliphatic rings. The summed E-state index contributed by atoms with van der Waals surface area (Å²) in [6.07, 6.45) is 1.38. The van der Waals surface area contributed by atoms with Crippen molar-refractivity contribution in [3.63, 3.8) is 0 Å². The highest BCUT2D eigenvalue weighted by molar-refractivity contribution is 9.11. The van der Waals surface area contributed by atoms with Gasteiger partial charge in [0.1, 0.15) is 13.2 Å². The minimum Gasteiger partial charge on any atom is -0.486 e. The molecule has 35 heavy (non-hydrogen) atoms. The Kier molecular flexibility index (Phi) is 6.60. The molecule has 1 amide bonds. The fraction of sp³-hybridized carbons (Fsp3) is 0.125. The quantitative estimate of drug-likeness (QED) is 0.195. The van der Waals surface area contributed by atoms with Gasteiger partial charge < -0.3 is 23.7 Å². The van der Waals surface area contributed by atoms with Crippen LogP contribution in [0.2, 0.25) is 0 Å². The second kappa shape index (κ2) is 9.96. The Morgan fingerprint density at radius 1 is 0.857 bits per heavy atom. The van der Waals surface area contributed by atoms with Gasteiger partial charge in [0, 0.05) is 15.6 Å². The number of nitrogens with zero attached hydrogens (tertiary/aromatic N) is 1. The molecule has 5 rings (SSSR count). The van der Waals surface area contributed by atoms with Crippen LogP contribution in [-0.4, -0.2) is 38.1 Å². The third kappa shape index (κ3) is 5.10. The van der Waals surface area contributed by atoms with Crippen LogP contribution in [0.3, 0.4) is 0 Å². The van der Waals surface area contributed by atoms with Crippen molar-refractivity contribution in [1.29, 1.82) is 0 Å². The van der Waals surface area contributed by atoms with Crippen molar-refractivity contribution >= 4 is 50.0 Å². The maximum Gasteiger partial charge on any atom is 0.343 e. The second-order valence-electron chi connectivity index (χ2n) is 7.32. The molecular formula is C24H16Br2N2O7. The molecule has 0 aromatic heterocycles. The van der Waals surface area contributed by atoms with E-state index in [1.54, 1.807) is 48.5 Å². The largest absolute Gasteiger partial charge is 0.486 e. The number of halogens is 2. The molecule has 3 aromatic rings. The van der Waals surface area contributed by atoms with Crippen molar-refractivity contribution in [2.75, 3.05) is 20.0 Å². The van der Waals surface area contributed by atoms with Crippen LogP contribution in [-0.2, 0) is 0 Å². The van der Waals surface area contributed by atoms with Crippen molar-refractivity contribution in [3.8, 4) is 28.7 Å². The molecule has 0 aliphatic carbocycles. The zero-order valence-corrected chi connectivity index (χ0v) is 21.1. The summed E-state index contributed by atoms with van der Waals surface area (Å²) >= 11 is 6.82. The number of hydrazone groups is 1. The van der Waals surface area contributed by atoms with Crippen molar-refractivity contribution in [1.82, 2.24) is 5.43 Å². The van der Waals surface area contributed by atoms with Gasteiger partial charge in [0.25, 0.3) is 5.91 Å². The van der Waals surface area contributed by atoms with Gasteiger partial charge in [0.15, 0.2) is 28.7 Å². The summed E-state index contributed by atoms with van der Waals surface area (Å²) in [7, 11) is 0. The molecule has 0 fully saturated rings. The SMILES string of the molecule is O=C(N/N=C/c1cc(Br)cc(Br)c1OC(=O)c1ccc2c(c1)OCO2)c1ccc2c(c1)OCCO2. The van der Waals surface area contributed by atoms with E-state index in [-0.39, 0.29) is 12.5 Å². The van der Waals surface area contributed by atoms with E-state index in [0.29, 0.717) is 61.8 Å². The highest BCUT2D eigenvalue weighted by atomic mass is 79.9. The molecule has 0 saturated heterocycles. The number of nitrogens with one attached hydrogen (secondary N) is 1. The van der Waals surface area contributed by atoms with Crippen molar-refractivity contribution in [2.45, 2.75) is 0 Å². The Morgan fingerprint density at radius 3 is 2.34 bits per heavy atom. The molecule has 0 unspecified atom stereocenters. The number of rotatable bonds is 5. The number of ether oxygens (including phenoxy) is 5. The molecule has 0 atom stereocenters. The standard InChI is InChI=1S/C24H16Br2N2O7/c25-16-7-15(11-27-28-23(29)13-1-3-18-20(8-13)32-6-5-31-18)22(17(26)10-16)35-24(30)14-2-4-19-21(9-14)34-12-33-19/h1-4,7-11H,5-6,12H2,(H,28,29)/b27-11+. The molecule has 2 aliphatic heterocycles. The number of amides is 1. The normalized spacial score (nSPS) is 13.5. The van der Waals surface area contributed by atoms with Crippen LogP contribution in [0.1, 0.15) is 26.3 Å². The van der Waals surface area contributed by atoms with Gasteiger partial charge in [0.2, 0.25) is 6.79 Å². The average Bonchev–Trinajstić information content (AvgIpc) is 3.33. The van der Waals surface area contributed by atoms with E-state index in [0.717, 1.165) is 0 Å². The Labute approximate surface area is 216 Å². The lowest BCUT2D eigenvalue weighted by atomic mass is 10.2. The predicted molar refractivity (Wildman–Crippen MR) is 132 cm³/mol. The predicted octanol–water partition coefficient (Wildman–Crippen LogP) is 4.69. The zero-order valence-electron chi connectivity index (χ0n) is 17.9. The molecule has 178 valence electrons. The van der Waals surface area contributed by atoms with E-state index in [1.165, 1.54) is 6.21 Å². The highest BCUT2D eigenvalue weighted by Crippen LogP contribution is 2.35. The van der Waals surface area contributed by atoms with Gasteiger partial charge in [-0.2, -0.15) is 5.10 Å². The van der Waals surface area contributed by atoms with E-state index in [2.05, 4.69) is 42.4 Å². The molecule has 9 nitrogen and oxygen atoms in total. The van der Waals surface area contributed by atoms with Gasteiger partial charge in [-0.3, -0.25) is 4.79 Å². The third-order valence-electron chi connectivity index (χ3n) is 5.01. The molecular weight excluding hydrogens is 588 g/mol. The van der Waals surface area contributed by atoms with Crippen LogP contribution in [0.5, 0.6) is 28.7 Å². The van der Waals surface area contributed by atoms with E-state index in [1.807, 2.05) is 0 Å². The molecule has 3 aromatic carbocycles. The summed E-state index contributed by atoms with van der Waals surface area (Å²) in [5.74, 6) is 1.32.